The number of nitrogens with zero attached hydrogens (tertiary/aromatic N) is 2. The molecule has 3 rings (SSSR count). The summed E-state index contributed by atoms with van der Waals surface area (Å²) in [4.78, 5) is 17.7. The van der Waals surface area contributed by atoms with Crippen molar-refractivity contribution >= 4 is 22.5 Å². The second kappa shape index (κ2) is 5.12. The molecule has 4 heteroatoms. The standard InChI is InChI=1S/C16H19N3O/c1-11-4-3-5-14-15(6-8-17-16(11)14)18-13-7-9-19(10-13)12(2)20/h3-6,8,13H,7,9-10H2,1-2H3,(H,17,18). The quantitative estimate of drug-likeness (QED) is 0.911. The van der Waals surface area contributed by atoms with Crippen LogP contribution in [0.3, 0.4) is 0 Å². The molecule has 1 saturated heterocycles. The summed E-state index contributed by atoms with van der Waals surface area (Å²) in [7, 11) is 0. The largest absolute Gasteiger partial charge is 0.380 e. The van der Waals surface area contributed by atoms with Gasteiger partial charge in [0.1, 0.15) is 0 Å². The molecule has 0 spiro atoms. The van der Waals surface area contributed by atoms with Crippen LogP contribution >= 0.6 is 0 Å². The number of likely N-dealkylation sites (tertiary alicyclic amines) is 1. The van der Waals surface area contributed by atoms with Crippen LogP contribution in [0.5, 0.6) is 0 Å². The van der Waals surface area contributed by atoms with Crippen LogP contribution in [0.25, 0.3) is 10.9 Å². The summed E-state index contributed by atoms with van der Waals surface area (Å²) in [6.45, 7) is 5.33. The first kappa shape index (κ1) is 12.9. The second-order valence-corrected chi connectivity index (χ2v) is 5.42. The number of rotatable bonds is 2. The first-order chi connectivity index (χ1) is 9.65. The number of aryl methyl sites for hydroxylation is 1. The van der Waals surface area contributed by atoms with E-state index in [1.54, 1.807) is 6.92 Å². The summed E-state index contributed by atoms with van der Waals surface area (Å²) in [6.07, 6.45) is 2.84. The number of fused-ring (bicyclic) bond motifs is 1. The van der Waals surface area contributed by atoms with Crippen LogP contribution in [0.15, 0.2) is 30.5 Å². The van der Waals surface area contributed by atoms with E-state index in [2.05, 4.69) is 35.4 Å². The Labute approximate surface area is 118 Å². The Morgan fingerprint density at radius 2 is 2.25 bits per heavy atom. The predicted octanol–water partition coefficient (Wildman–Crippen LogP) is 2.58. The van der Waals surface area contributed by atoms with Gasteiger partial charge in [-0.1, -0.05) is 18.2 Å². The van der Waals surface area contributed by atoms with Gasteiger partial charge in [0.05, 0.1) is 5.52 Å². The highest BCUT2D eigenvalue weighted by Gasteiger charge is 2.24. The zero-order chi connectivity index (χ0) is 14.1. The third-order valence-corrected chi connectivity index (χ3v) is 3.97. The van der Waals surface area contributed by atoms with E-state index < -0.39 is 0 Å². The fourth-order valence-corrected chi connectivity index (χ4v) is 2.83. The molecule has 1 N–H and O–H groups in total. The monoisotopic (exact) mass is 269 g/mol. The lowest BCUT2D eigenvalue weighted by atomic mass is 10.1. The van der Waals surface area contributed by atoms with E-state index in [4.69, 9.17) is 0 Å². The van der Waals surface area contributed by atoms with Crippen molar-refractivity contribution in [3.63, 3.8) is 0 Å². The first-order valence-corrected chi connectivity index (χ1v) is 7.01. The van der Waals surface area contributed by atoms with Crippen molar-refractivity contribution in [3.8, 4) is 0 Å². The molecule has 0 radical (unpaired) electrons. The van der Waals surface area contributed by atoms with Crippen LogP contribution in [-0.2, 0) is 4.79 Å². The molecule has 0 aliphatic carbocycles. The number of pyridine rings is 1. The average Bonchev–Trinajstić information content (AvgIpc) is 2.89. The molecule has 1 aliphatic rings. The van der Waals surface area contributed by atoms with E-state index in [1.165, 1.54) is 5.56 Å². The minimum atomic E-state index is 0.157. The maximum atomic E-state index is 11.4. The molecule has 1 aliphatic heterocycles. The Kier molecular flexibility index (Phi) is 3.30. The summed E-state index contributed by atoms with van der Waals surface area (Å²) >= 11 is 0. The van der Waals surface area contributed by atoms with Crippen molar-refractivity contribution in [2.45, 2.75) is 26.3 Å². The van der Waals surface area contributed by atoms with Gasteiger partial charge in [-0.3, -0.25) is 9.78 Å². The molecule has 0 saturated carbocycles. The number of carbonyl (C=O) groups excluding carboxylic acids is 1. The van der Waals surface area contributed by atoms with E-state index in [1.807, 2.05) is 17.2 Å². The van der Waals surface area contributed by atoms with Gasteiger partial charge in [0.15, 0.2) is 0 Å². The number of anilines is 1. The number of amides is 1. The fourth-order valence-electron chi connectivity index (χ4n) is 2.83. The van der Waals surface area contributed by atoms with E-state index in [0.717, 1.165) is 36.1 Å². The fraction of sp³-hybridized carbons (Fsp3) is 0.375. The topological polar surface area (TPSA) is 45.2 Å². The lowest BCUT2D eigenvalue weighted by molar-refractivity contribution is -0.127. The molecule has 1 amide bonds. The Balaban J connectivity index is 1.85. The van der Waals surface area contributed by atoms with E-state index in [0.29, 0.717) is 6.04 Å². The highest BCUT2D eigenvalue weighted by molar-refractivity contribution is 5.93. The maximum absolute atomic E-state index is 11.4. The minimum Gasteiger partial charge on any atom is -0.380 e. The van der Waals surface area contributed by atoms with Crippen molar-refractivity contribution in [2.24, 2.45) is 0 Å². The Bertz CT molecular complexity index is 653. The molecule has 1 aromatic carbocycles. The van der Waals surface area contributed by atoms with Crippen molar-refractivity contribution in [2.75, 3.05) is 18.4 Å². The van der Waals surface area contributed by atoms with Crippen LogP contribution in [0.2, 0.25) is 0 Å². The van der Waals surface area contributed by atoms with Crippen LogP contribution in [0.1, 0.15) is 18.9 Å². The molecule has 104 valence electrons. The number of hydrogen-bond acceptors (Lipinski definition) is 3. The van der Waals surface area contributed by atoms with Gasteiger partial charge >= 0.3 is 0 Å². The number of hydrogen-bond donors (Lipinski definition) is 1. The highest BCUT2D eigenvalue weighted by Crippen LogP contribution is 2.25. The van der Waals surface area contributed by atoms with Gasteiger partial charge in [-0.05, 0) is 25.0 Å². The van der Waals surface area contributed by atoms with Crippen LogP contribution in [0, 0.1) is 6.92 Å². The van der Waals surface area contributed by atoms with Gasteiger partial charge in [0.25, 0.3) is 0 Å². The van der Waals surface area contributed by atoms with Gasteiger partial charge in [0, 0.05) is 43.3 Å². The number of benzene rings is 1. The molecule has 2 heterocycles. The first-order valence-electron chi connectivity index (χ1n) is 7.01. The van der Waals surface area contributed by atoms with Crippen molar-refractivity contribution in [1.29, 1.82) is 0 Å². The zero-order valence-electron chi connectivity index (χ0n) is 11.9. The second-order valence-electron chi connectivity index (χ2n) is 5.42. The normalized spacial score (nSPS) is 18.5. The maximum Gasteiger partial charge on any atom is 0.219 e. The molecule has 2 aromatic rings. The smallest absolute Gasteiger partial charge is 0.219 e. The average molecular weight is 269 g/mol. The summed E-state index contributed by atoms with van der Waals surface area (Å²) < 4.78 is 0. The molecule has 4 nitrogen and oxygen atoms in total. The summed E-state index contributed by atoms with van der Waals surface area (Å²) in [5.41, 5.74) is 3.33. The molecule has 1 atom stereocenters. The van der Waals surface area contributed by atoms with Gasteiger partial charge in [-0.25, -0.2) is 0 Å². The number of para-hydroxylation sites is 1. The van der Waals surface area contributed by atoms with Crippen LogP contribution in [0.4, 0.5) is 5.69 Å². The molecule has 20 heavy (non-hydrogen) atoms. The van der Waals surface area contributed by atoms with E-state index in [-0.39, 0.29) is 5.91 Å². The highest BCUT2D eigenvalue weighted by atomic mass is 16.2. The van der Waals surface area contributed by atoms with Crippen LogP contribution < -0.4 is 5.32 Å². The molecule has 1 unspecified atom stereocenters. The minimum absolute atomic E-state index is 0.157. The lowest BCUT2D eigenvalue weighted by Crippen LogP contribution is -2.29. The van der Waals surface area contributed by atoms with Crippen molar-refractivity contribution in [1.82, 2.24) is 9.88 Å². The van der Waals surface area contributed by atoms with Crippen molar-refractivity contribution in [3.05, 3.63) is 36.0 Å². The Morgan fingerprint density at radius 1 is 1.40 bits per heavy atom. The predicted molar refractivity (Wildman–Crippen MR) is 80.8 cm³/mol. The third-order valence-electron chi connectivity index (χ3n) is 3.97. The van der Waals surface area contributed by atoms with Gasteiger partial charge in [-0.2, -0.15) is 0 Å². The summed E-state index contributed by atoms with van der Waals surface area (Å²) in [5.74, 6) is 0.157. The van der Waals surface area contributed by atoms with Crippen molar-refractivity contribution < 1.29 is 4.79 Å². The molecule has 1 aromatic heterocycles. The number of nitrogens with one attached hydrogen (secondary N) is 1. The zero-order valence-corrected chi connectivity index (χ0v) is 11.9. The number of carbonyl (C=O) groups is 1. The van der Waals surface area contributed by atoms with E-state index in [9.17, 15) is 4.79 Å². The SMILES string of the molecule is CC(=O)N1CCC(Nc2ccnc3c(C)cccc23)C1. The Morgan fingerprint density at radius 3 is 3.00 bits per heavy atom. The molecular weight excluding hydrogens is 250 g/mol. The summed E-state index contributed by atoms with van der Waals surface area (Å²) in [6, 6.07) is 8.56. The lowest BCUT2D eigenvalue weighted by Gasteiger charge is -2.17. The summed E-state index contributed by atoms with van der Waals surface area (Å²) in [5, 5.41) is 4.71. The van der Waals surface area contributed by atoms with E-state index >= 15 is 0 Å². The number of aromatic nitrogens is 1. The molecular formula is C16H19N3O. The van der Waals surface area contributed by atoms with Gasteiger partial charge < -0.3 is 10.2 Å². The Hall–Kier alpha value is -2.10. The molecule has 1 fully saturated rings. The third kappa shape index (κ3) is 2.33. The van der Waals surface area contributed by atoms with Crippen LogP contribution in [-0.4, -0.2) is 34.9 Å². The van der Waals surface area contributed by atoms with Gasteiger partial charge in [-0.15, -0.1) is 0 Å². The molecule has 0 bridgehead atoms. The van der Waals surface area contributed by atoms with Gasteiger partial charge in [0.2, 0.25) is 5.91 Å².